The molecule has 8 heteroatoms. The van der Waals surface area contributed by atoms with E-state index in [2.05, 4.69) is 11.2 Å². The second-order valence-electron chi connectivity index (χ2n) is 4.92. The zero-order valence-corrected chi connectivity index (χ0v) is 15.1. The van der Waals surface area contributed by atoms with E-state index < -0.39 is 15.9 Å². The third-order valence-corrected chi connectivity index (χ3v) is 5.52. The molecule has 0 aliphatic heterocycles. The van der Waals surface area contributed by atoms with Crippen molar-refractivity contribution < 1.29 is 18.0 Å². The van der Waals surface area contributed by atoms with Crippen LogP contribution in [-0.4, -0.2) is 33.0 Å². The van der Waals surface area contributed by atoms with Crippen molar-refractivity contribution in [3.63, 3.8) is 0 Å². The normalized spacial score (nSPS) is 11.2. The number of hydrogen-bond acceptors (Lipinski definition) is 4. The Morgan fingerprint density at radius 1 is 1.28 bits per heavy atom. The number of carbonyl (C=O) groups excluding carboxylic acids is 1. The molecule has 0 saturated heterocycles. The summed E-state index contributed by atoms with van der Waals surface area (Å²) in [6, 6.07) is 10.7. The van der Waals surface area contributed by atoms with Gasteiger partial charge in [-0.25, -0.2) is 8.42 Å². The van der Waals surface area contributed by atoms with Crippen LogP contribution in [0, 0.1) is 12.3 Å². The molecule has 130 valence electrons. The molecule has 1 amide bonds. The Labute approximate surface area is 151 Å². The number of amides is 1. The van der Waals surface area contributed by atoms with Crippen molar-refractivity contribution in [2.75, 3.05) is 19.5 Å². The monoisotopic (exact) mass is 378 g/mol. The van der Waals surface area contributed by atoms with Crippen LogP contribution in [0.1, 0.15) is 15.9 Å². The van der Waals surface area contributed by atoms with Gasteiger partial charge < -0.3 is 5.32 Å². The predicted octanol–water partition coefficient (Wildman–Crippen LogP) is 2.76. The van der Waals surface area contributed by atoms with Crippen molar-refractivity contribution in [2.24, 2.45) is 0 Å². The highest BCUT2D eigenvalue weighted by Gasteiger charge is 2.25. The van der Waals surface area contributed by atoms with E-state index in [1.54, 1.807) is 24.3 Å². The Kier molecular flexibility index (Phi) is 5.82. The molecule has 6 nitrogen and oxygen atoms in total. The quantitative estimate of drug-likeness (QED) is 0.641. The molecule has 0 radical (unpaired) electrons. The molecule has 0 aliphatic carbocycles. The molecule has 0 aliphatic rings. The lowest BCUT2D eigenvalue weighted by Gasteiger charge is -2.16. The van der Waals surface area contributed by atoms with Gasteiger partial charge in [0, 0.05) is 23.9 Å². The van der Waals surface area contributed by atoms with Gasteiger partial charge in [-0.05, 0) is 36.4 Å². The average Bonchev–Trinajstić information content (AvgIpc) is 2.61. The number of benzene rings is 2. The van der Waals surface area contributed by atoms with E-state index in [4.69, 9.17) is 22.9 Å². The molecule has 2 rings (SSSR count). The summed E-state index contributed by atoms with van der Waals surface area (Å²) in [7, 11) is -1.55. The van der Waals surface area contributed by atoms with Gasteiger partial charge in [-0.1, -0.05) is 28.1 Å². The van der Waals surface area contributed by atoms with Crippen molar-refractivity contribution in [2.45, 2.75) is 4.90 Å². The zero-order valence-electron chi connectivity index (χ0n) is 13.5. The Morgan fingerprint density at radius 2 is 2.00 bits per heavy atom. The first-order valence-electron chi connectivity index (χ1n) is 7.00. The fourth-order valence-electron chi connectivity index (χ4n) is 1.97. The minimum absolute atomic E-state index is 0.0187. The molecule has 2 aromatic rings. The van der Waals surface area contributed by atoms with Crippen LogP contribution >= 0.6 is 11.6 Å². The SMILES string of the molecule is C#Cc1cccc(NC(=O)c2ccc(Cl)c(S(=O)(=O)N(C)OC)c2)c1. The molecule has 25 heavy (non-hydrogen) atoms. The Morgan fingerprint density at radius 3 is 2.64 bits per heavy atom. The summed E-state index contributed by atoms with van der Waals surface area (Å²) in [5.74, 6) is 1.97. The molecule has 1 N–H and O–H groups in total. The summed E-state index contributed by atoms with van der Waals surface area (Å²) in [4.78, 5) is 16.9. The third kappa shape index (κ3) is 4.18. The topological polar surface area (TPSA) is 75.7 Å². The zero-order chi connectivity index (χ0) is 18.6. The summed E-state index contributed by atoms with van der Waals surface area (Å²) in [6.45, 7) is 0. The minimum atomic E-state index is -3.99. The molecule has 2 aromatic carbocycles. The van der Waals surface area contributed by atoms with Crippen molar-refractivity contribution in [1.82, 2.24) is 4.47 Å². The summed E-state index contributed by atoms with van der Waals surface area (Å²) in [5, 5.41) is 2.64. The van der Waals surface area contributed by atoms with Crippen LogP contribution in [0.15, 0.2) is 47.4 Å². The standard InChI is InChI=1S/C17H15ClN2O4S/c1-4-12-6-5-7-14(10-12)19-17(21)13-8-9-15(18)16(11-13)25(22,23)20(2)24-3/h1,5-11H,2-3H3,(H,19,21). The van der Waals surface area contributed by atoms with E-state index in [0.29, 0.717) is 15.7 Å². The molecule has 0 atom stereocenters. The second-order valence-corrected chi connectivity index (χ2v) is 7.23. The van der Waals surface area contributed by atoms with Gasteiger partial charge in [0.25, 0.3) is 15.9 Å². The number of hydroxylamine groups is 1. The van der Waals surface area contributed by atoms with Crippen LogP contribution in [-0.2, 0) is 14.9 Å². The number of rotatable bonds is 5. The van der Waals surface area contributed by atoms with Crippen LogP contribution < -0.4 is 5.32 Å². The first kappa shape index (κ1) is 19.0. The lowest BCUT2D eigenvalue weighted by molar-refractivity contribution is -0.0258. The van der Waals surface area contributed by atoms with Crippen LogP contribution in [0.25, 0.3) is 0 Å². The summed E-state index contributed by atoms with van der Waals surface area (Å²) in [6.07, 6.45) is 5.33. The van der Waals surface area contributed by atoms with Gasteiger partial charge in [0.1, 0.15) is 4.90 Å². The van der Waals surface area contributed by atoms with Crippen molar-refractivity contribution >= 4 is 33.2 Å². The van der Waals surface area contributed by atoms with Crippen LogP contribution in [0.3, 0.4) is 0 Å². The fourth-order valence-corrected chi connectivity index (χ4v) is 3.44. The smallest absolute Gasteiger partial charge is 0.266 e. The number of halogens is 1. The molecule has 0 fully saturated rings. The number of hydrogen-bond donors (Lipinski definition) is 1. The van der Waals surface area contributed by atoms with Crippen LogP contribution in [0.2, 0.25) is 5.02 Å². The lowest BCUT2D eigenvalue weighted by Crippen LogP contribution is -2.26. The maximum Gasteiger partial charge on any atom is 0.266 e. The number of nitrogens with one attached hydrogen (secondary N) is 1. The summed E-state index contributed by atoms with van der Waals surface area (Å²) in [5.41, 5.74) is 1.23. The van der Waals surface area contributed by atoms with Gasteiger partial charge >= 0.3 is 0 Å². The maximum absolute atomic E-state index is 12.4. The highest BCUT2D eigenvalue weighted by molar-refractivity contribution is 7.89. The predicted molar refractivity (Wildman–Crippen MR) is 95.7 cm³/mol. The van der Waals surface area contributed by atoms with Crippen molar-refractivity contribution in [3.8, 4) is 12.3 Å². The molecular formula is C17H15ClN2O4S. The van der Waals surface area contributed by atoms with Gasteiger partial charge in [0.2, 0.25) is 0 Å². The van der Waals surface area contributed by atoms with Gasteiger partial charge in [0.05, 0.1) is 12.1 Å². The second kappa shape index (κ2) is 7.68. The average molecular weight is 379 g/mol. The number of terminal acetylenes is 1. The molecule has 0 bridgehead atoms. The molecule has 0 spiro atoms. The van der Waals surface area contributed by atoms with Gasteiger partial charge in [-0.2, -0.15) is 0 Å². The Bertz CT molecular complexity index is 951. The van der Waals surface area contributed by atoms with E-state index in [-0.39, 0.29) is 15.5 Å². The Hall–Kier alpha value is -2.37. The van der Waals surface area contributed by atoms with E-state index in [9.17, 15) is 13.2 Å². The highest BCUT2D eigenvalue weighted by atomic mass is 35.5. The highest BCUT2D eigenvalue weighted by Crippen LogP contribution is 2.26. The summed E-state index contributed by atoms with van der Waals surface area (Å²) < 4.78 is 25.4. The van der Waals surface area contributed by atoms with E-state index in [0.717, 1.165) is 0 Å². The summed E-state index contributed by atoms with van der Waals surface area (Å²) >= 11 is 5.97. The first-order valence-corrected chi connectivity index (χ1v) is 8.82. The van der Waals surface area contributed by atoms with E-state index >= 15 is 0 Å². The van der Waals surface area contributed by atoms with Crippen molar-refractivity contribution in [1.29, 1.82) is 0 Å². The number of anilines is 1. The Balaban J connectivity index is 2.36. The molecule has 0 unspecified atom stereocenters. The largest absolute Gasteiger partial charge is 0.322 e. The molecular weight excluding hydrogens is 364 g/mol. The minimum Gasteiger partial charge on any atom is -0.322 e. The third-order valence-electron chi connectivity index (χ3n) is 3.35. The molecule has 0 aromatic heterocycles. The molecule has 0 saturated carbocycles. The maximum atomic E-state index is 12.4. The van der Waals surface area contributed by atoms with E-state index in [1.165, 1.54) is 32.4 Å². The van der Waals surface area contributed by atoms with Crippen molar-refractivity contribution in [3.05, 3.63) is 58.6 Å². The van der Waals surface area contributed by atoms with Gasteiger partial charge in [0.15, 0.2) is 0 Å². The van der Waals surface area contributed by atoms with Crippen LogP contribution in [0.5, 0.6) is 0 Å². The van der Waals surface area contributed by atoms with Gasteiger partial charge in [-0.3, -0.25) is 9.63 Å². The number of sulfonamides is 1. The molecule has 0 heterocycles. The number of nitrogens with zero attached hydrogens (tertiary/aromatic N) is 1. The van der Waals surface area contributed by atoms with Crippen LogP contribution in [0.4, 0.5) is 5.69 Å². The first-order chi connectivity index (χ1) is 11.8. The van der Waals surface area contributed by atoms with Gasteiger partial charge in [-0.15, -0.1) is 6.42 Å². The fraction of sp³-hybridized carbons (Fsp3) is 0.118. The van der Waals surface area contributed by atoms with E-state index in [1.807, 2.05) is 0 Å². The lowest BCUT2D eigenvalue weighted by atomic mass is 10.2. The number of carbonyl (C=O) groups is 1.